The molecule has 0 aliphatic carbocycles. The predicted octanol–water partition coefficient (Wildman–Crippen LogP) is 2.77. The molecule has 28 heavy (non-hydrogen) atoms. The number of nitrogens with one attached hydrogen (secondary N) is 1. The second kappa shape index (κ2) is 8.95. The van der Waals surface area contributed by atoms with Crippen LogP contribution in [0.4, 0.5) is 5.69 Å². The van der Waals surface area contributed by atoms with Crippen LogP contribution in [0.2, 0.25) is 0 Å². The number of benzene rings is 2. The second-order valence-corrected chi connectivity index (χ2v) is 8.97. The highest BCUT2D eigenvalue weighted by molar-refractivity contribution is 9.10. The number of aliphatic imine (C=N–C) groups is 1. The maximum Gasteiger partial charge on any atom is 0.255 e. The van der Waals surface area contributed by atoms with Gasteiger partial charge in [0.15, 0.2) is 0 Å². The number of amides is 1. The van der Waals surface area contributed by atoms with Crippen LogP contribution in [-0.2, 0) is 14.8 Å². The van der Waals surface area contributed by atoms with Gasteiger partial charge in [0.1, 0.15) is 0 Å². The fourth-order valence-electron chi connectivity index (χ4n) is 2.82. The monoisotopic (exact) mass is 465 g/mol. The molecule has 0 bridgehead atoms. The molecule has 7 nitrogen and oxygen atoms in total. The van der Waals surface area contributed by atoms with Crippen molar-refractivity contribution in [2.75, 3.05) is 38.7 Å². The molecule has 0 spiro atoms. The van der Waals surface area contributed by atoms with Crippen molar-refractivity contribution in [2.24, 2.45) is 4.99 Å². The molecule has 2 aromatic rings. The molecule has 0 radical (unpaired) electrons. The molecule has 148 valence electrons. The molecule has 0 saturated carbocycles. The Labute approximate surface area is 172 Å². The van der Waals surface area contributed by atoms with Crippen molar-refractivity contribution in [3.8, 4) is 0 Å². The van der Waals surface area contributed by atoms with E-state index in [-0.39, 0.29) is 10.5 Å². The number of nitrogens with zero attached hydrogens (tertiary/aromatic N) is 2. The van der Waals surface area contributed by atoms with Crippen LogP contribution in [0, 0.1) is 0 Å². The Kier molecular flexibility index (Phi) is 6.61. The Balaban J connectivity index is 1.85. The minimum absolute atomic E-state index is 0.0909. The maximum absolute atomic E-state index is 12.8. The van der Waals surface area contributed by atoms with Crippen molar-refractivity contribution in [1.82, 2.24) is 4.31 Å². The standard InChI is InChI=1S/C19H20BrN3O4S/c1-21-13-15-11-16(20)5-6-18(15)22-19(24)14-3-2-4-17(12-14)28(25,26)23-7-9-27-10-8-23/h2-6,11-13H,7-10H2,1H3,(H,22,24). The molecule has 9 heteroatoms. The summed E-state index contributed by atoms with van der Waals surface area (Å²) in [6.07, 6.45) is 1.64. The van der Waals surface area contributed by atoms with Crippen LogP contribution >= 0.6 is 15.9 Å². The molecule has 1 N–H and O–H groups in total. The summed E-state index contributed by atoms with van der Waals surface area (Å²) in [6, 6.07) is 11.4. The average molecular weight is 466 g/mol. The lowest BCUT2D eigenvalue weighted by Gasteiger charge is -2.26. The van der Waals surface area contributed by atoms with Gasteiger partial charge in [0.2, 0.25) is 10.0 Å². The lowest BCUT2D eigenvalue weighted by molar-refractivity contribution is 0.0730. The highest BCUT2D eigenvalue weighted by atomic mass is 79.9. The molecule has 1 aliphatic heterocycles. The number of carbonyl (C=O) groups excluding carboxylic acids is 1. The number of morpholine rings is 1. The lowest BCUT2D eigenvalue weighted by atomic mass is 10.1. The largest absolute Gasteiger partial charge is 0.379 e. The van der Waals surface area contributed by atoms with Crippen molar-refractivity contribution in [1.29, 1.82) is 0 Å². The fraction of sp³-hybridized carbons (Fsp3) is 0.263. The first-order valence-corrected chi connectivity index (χ1v) is 10.9. The van der Waals surface area contributed by atoms with E-state index in [1.807, 2.05) is 12.1 Å². The average Bonchev–Trinajstić information content (AvgIpc) is 2.71. The van der Waals surface area contributed by atoms with Crippen molar-refractivity contribution in [3.05, 3.63) is 58.1 Å². The zero-order chi connectivity index (χ0) is 20.1. The first-order chi connectivity index (χ1) is 13.4. The van der Waals surface area contributed by atoms with Gasteiger partial charge in [0.05, 0.1) is 18.1 Å². The van der Waals surface area contributed by atoms with Gasteiger partial charge in [-0.15, -0.1) is 0 Å². The third-order valence-corrected chi connectivity index (χ3v) is 6.62. The van der Waals surface area contributed by atoms with Crippen LogP contribution < -0.4 is 5.32 Å². The molecule has 0 atom stereocenters. The number of halogens is 1. The Hall–Kier alpha value is -2.07. The van der Waals surface area contributed by atoms with Gasteiger partial charge >= 0.3 is 0 Å². The van der Waals surface area contributed by atoms with Crippen LogP contribution in [0.15, 0.2) is 56.8 Å². The molecule has 0 unspecified atom stereocenters. The zero-order valence-electron chi connectivity index (χ0n) is 15.3. The molecule has 0 aromatic heterocycles. The molecule has 1 aliphatic rings. The third kappa shape index (κ3) is 4.67. The van der Waals surface area contributed by atoms with E-state index >= 15 is 0 Å². The Morgan fingerprint density at radius 3 is 2.68 bits per heavy atom. The van der Waals surface area contributed by atoms with Crippen LogP contribution in [0.3, 0.4) is 0 Å². The molecule has 2 aromatic carbocycles. The lowest BCUT2D eigenvalue weighted by Crippen LogP contribution is -2.40. The summed E-state index contributed by atoms with van der Waals surface area (Å²) in [7, 11) is -2.02. The Morgan fingerprint density at radius 2 is 1.96 bits per heavy atom. The van der Waals surface area contributed by atoms with Gasteiger partial charge < -0.3 is 10.1 Å². The van der Waals surface area contributed by atoms with E-state index < -0.39 is 15.9 Å². The summed E-state index contributed by atoms with van der Waals surface area (Å²) in [5, 5.41) is 2.82. The number of anilines is 1. The van der Waals surface area contributed by atoms with E-state index in [1.54, 1.807) is 31.5 Å². The summed E-state index contributed by atoms with van der Waals surface area (Å²) in [5.74, 6) is -0.396. The second-order valence-electron chi connectivity index (χ2n) is 6.12. The molecular formula is C19H20BrN3O4S. The number of ether oxygens (including phenoxy) is 1. The zero-order valence-corrected chi connectivity index (χ0v) is 17.7. The summed E-state index contributed by atoms with van der Waals surface area (Å²) in [5.41, 5.74) is 1.58. The molecule has 1 amide bonds. The highest BCUT2D eigenvalue weighted by Crippen LogP contribution is 2.22. The van der Waals surface area contributed by atoms with Gasteiger partial charge in [0, 0.05) is 47.6 Å². The van der Waals surface area contributed by atoms with Crippen molar-refractivity contribution in [3.63, 3.8) is 0 Å². The third-order valence-electron chi connectivity index (χ3n) is 4.23. The van der Waals surface area contributed by atoms with E-state index in [2.05, 4.69) is 26.2 Å². The predicted molar refractivity (Wildman–Crippen MR) is 112 cm³/mol. The smallest absolute Gasteiger partial charge is 0.255 e. The van der Waals surface area contributed by atoms with E-state index in [4.69, 9.17) is 4.74 Å². The van der Waals surface area contributed by atoms with E-state index in [0.717, 1.165) is 10.0 Å². The molecule has 1 heterocycles. The van der Waals surface area contributed by atoms with Crippen molar-refractivity contribution in [2.45, 2.75) is 4.90 Å². The van der Waals surface area contributed by atoms with Crippen LogP contribution in [0.1, 0.15) is 15.9 Å². The van der Waals surface area contributed by atoms with Crippen molar-refractivity contribution < 1.29 is 17.9 Å². The number of sulfonamides is 1. The first kappa shape index (κ1) is 20.7. The highest BCUT2D eigenvalue weighted by Gasteiger charge is 2.26. The number of carbonyl (C=O) groups is 1. The van der Waals surface area contributed by atoms with Gasteiger partial charge in [-0.1, -0.05) is 22.0 Å². The number of hydrogen-bond acceptors (Lipinski definition) is 5. The molecule has 1 fully saturated rings. The summed E-state index contributed by atoms with van der Waals surface area (Å²) >= 11 is 3.39. The van der Waals surface area contributed by atoms with Crippen LogP contribution in [0.25, 0.3) is 0 Å². The van der Waals surface area contributed by atoms with Gasteiger partial charge in [-0.3, -0.25) is 9.79 Å². The molecule has 1 saturated heterocycles. The van der Waals surface area contributed by atoms with Crippen molar-refractivity contribution >= 4 is 43.8 Å². The van der Waals surface area contributed by atoms with E-state index in [0.29, 0.717) is 32.0 Å². The first-order valence-electron chi connectivity index (χ1n) is 8.63. The van der Waals surface area contributed by atoms with Crippen LogP contribution in [-0.4, -0.2) is 58.2 Å². The topological polar surface area (TPSA) is 88.1 Å². The summed E-state index contributed by atoms with van der Waals surface area (Å²) in [6.45, 7) is 1.34. The fourth-order valence-corrected chi connectivity index (χ4v) is 4.65. The van der Waals surface area contributed by atoms with Crippen LogP contribution in [0.5, 0.6) is 0 Å². The van der Waals surface area contributed by atoms with Gasteiger partial charge in [-0.25, -0.2) is 8.42 Å². The van der Waals surface area contributed by atoms with E-state index in [1.165, 1.54) is 16.4 Å². The quantitative estimate of drug-likeness (QED) is 0.687. The SMILES string of the molecule is CN=Cc1cc(Br)ccc1NC(=O)c1cccc(S(=O)(=O)N2CCOCC2)c1. The maximum atomic E-state index is 12.8. The van der Waals surface area contributed by atoms with E-state index in [9.17, 15) is 13.2 Å². The van der Waals surface area contributed by atoms with Gasteiger partial charge in [-0.05, 0) is 36.4 Å². The molecular weight excluding hydrogens is 446 g/mol. The molecule has 3 rings (SSSR count). The normalized spacial score (nSPS) is 15.6. The number of rotatable bonds is 5. The summed E-state index contributed by atoms with van der Waals surface area (Å²) < 4.78 is 33.1. The Bertz CT molecular complexity index is 1000. The number of hydrogen-bond donors (Lipinski definition) is 1. The van der Waals surface area contributed by atoms with Gasteiger partial charge in [-0.2, -0.15) is 4.31 Å². The minimum Gasteiger partial charge on any atom is -0.379 e. The minimum atomic E-state index is -3.67. The Morgan fingerprint density at radius 1 is 1.21 bits per heavy atom. The summed E-state index contributed by atoms with van der Waals surface area (Å²) in [4.78, 5) is 16.8. The van der Waals surface area contributed by atoms with Gasteiger partial charge in [0.25, 0.3) is 5.91 Å².